The number of carboxylic acids is 1. The van der Waals surface area contributed by atoms with E-state index in [2.05, 4.69) is 0 Å². The van der Waals surface area contributed by atoms with Gasteiger partial charge in [-0.2, -0.15) is 0 Å². The van der Waals surface area contributed by atoms with Gasteiger partial charge in [-0.15, -0.1) is 0 Å². The number of methoxy groups -OCH3 is 1. The van der Waals surface area contributed by atoms with Crippen LogP contribution in [0, 0.1) is 3.57 Å². The molecule has 0 spiro atoms. The van der Waals surface area contributed by atoms with Gasteiger partial charge in [0.05, 0.1) is 7.11 Å². The number of benzene rings is 1. The van der Waals surface area contributed by atoms with Gasteiger partial charge < -0.3 is 14.9 Å². The monoisotopic (exact) mass is 308 g/mol. The number of rotatable bonds is 3. The standard InChI is InChI=1S/C9H9IO4/c1-14-7-3-2-5(10)4-6(7)8(11)9(12)13/h2-4,8,11H,1H3,(H,12,13)/t8-/m1/s1. The van der Waals surface area contributed by atoms with Crippen molar-refractivity contribution in [2.24, 2.45) is 0 Å². The van der Waals surface area contributed by atoms with Crippen LogP contribution in [0.3, 0.4) is 0 Å². The van der Waals surface area contributed by atoms with E-state index in [0.29, 0.717) is 5.75 Å². The van der Waals surface area contributed by atoms with Crippen molar-refractivity contribution in [3.05, 3.63) is 27.3 Å². The van der Waals surface area contributed by atoms with E-state index in [0.717, 1.165) is 3.57 Å². The van der Waals surface area contributed by atoms with Crippen molar-refractivity contribution < 1.29 is 19.7 Å². The first-order valence-electron chi connectivity index (χ1n) is 3.80. The number of aliphatic hydroxyl groups excluding tert-OH is 1. The fraction of sp³-hybridized carbons (Fsp3) is 0.222. The smallest absolute Gasteiger partial charge is 0.337 e. The van der Waals surface area contributed by atoms with E-state index in [-0.39, 0.29) is 5.56 Å². The second-order valence-electron chi connectivity index (χ2n) is 2.63. The Labute approximate surface area is 94.7 Å². The second-order valence-corrected chi connectivity index (χ2v) is 3.87. The summed E-state index contributed by atoms with van der Waals surface area (Å²) in [6.45, 7) is 0. The maximum atomic E-state index is 10.6. The zero-order valence-corrected chi connectivity index (χ0v) is 9.56. The van der Waals surface area contributed by atoms with Crippen molar-refractivity contribution in [1.82, 2.24) is 0 Å². The summed E-state index contributed by atoms with van der Waals surface area (Å²) in [4.78, 5) is 10.6. The van der Waals surface area contributed by atoms with Gasteiger partial charge in [-0.25, -0.2) is 4.79 Å². The molecule has 1 atom stereocenters. The van der Waals surface area contributed by atoms with Crippen molar-refractivity contribution in [2.75, 3.05) is 7.11 Å². The number of hydrogen-bond donors (Lipinski definition) is 2. The molecular formula is C9H9IO4. The topological polar surface area (TPSA) is 66.8 Å². The van der Waals surface area contributed by atoms with Gasteiger partial charge in [0.15, 0.2) is 6.10 Å². The molecule has 0 aliphatic heterocycles. The van der Waals surface area contributed by atoms with E-state index >= 15 is 0 Å². The van der Waals surface area contributed by atoms with Gasteiger partial charge in [0.25, 0.3) is 0 Å². The molecule has 0 aliphatic rings. The van der Waals surface area contributed by atoms with Gasteiger partial charge in [0.1, 0.15) is 5.75 Å². The highest BCUT2D eigenvalue weighted by Crippen LogP contribution is 2.26. The third-order valence-electron chi connectivity index (χ3n) is 1.72. The molecule has 0 heterocycles. The Kier molecular flexibility index (Phi) is 3.70. The number of carbonyl (C=O) groups is 1. The zero-order valence-electron chi connectivity index (χ0n) is 7.40. The van der Waals surface area contributed by atoms with Crippen LogP contribution in [0.15, 0.2) is 18.2 Å². The van der Waals surface area contributed by atoms with E-state index in [9.17, 15) is 9.90 Å². The Morgan fingerprint density at radius 1 is 1.57 bits per heavy atom. The van der Waals surface area contributed by atoms with Crippen molar-refractivity contribution in [2.45, 2.75) is 6.10 Å². The lowest BCUT2D eigenvalue weighted by atomic mass is 10.1. The zero-order chi connectivity index (χ0) is 10.7. The molecule has 0 saturated heterocycles. The molecule has 0 aliphatic carbocycles. The van der Waals surface area contributed by atoms with Crippen molar-refractivity contribution in [3.63, 3.8) is 0 Å². The molecule has 0 saturated carbocycles. The minimum absolute atomic E-state index is 0.270. The first-order chi connectivity index (χ1) is 6.56. The number of ether oxygens (including phenoxy) is 1. The van der Waals surface area contributed by atoms with Crippen molar-refractivity contribution >= 4 is 28.6 Å². The Balaban J connectivity index is 3.16. The largest absolute Gasteiger partial charge is 0.496 e. The molecule has 1 aromatic carbocycles. The fourth-order valence-electron chi connectivity index (χ4n) is 1.05. The summed E-state index contributed by atoms with van der Waals surface area (Å²) in [7, 11) is 1.43. The number of aliphatic hydroxyl groups is 1. The molecule has 4 nitrogen and oxygen atoms in total. The summed E-state index contributed by atoms with van der Waals surface area (Å²) in [5.41, 5.74) is 0.270. The molecule has 14 heavy (non-hydrogen) atoms. The minimum Gasteiger partial charge on any atom is -0.496 e. The number of carboxylic acid groups (broad SMARTS) is 1. The van der Waals surface area contributed by atoms with Crippen LogP contribution in [0.2, 0.25) is 0 Å². The molecule has 0 radical (unpaired) electrons. The average molecular weight is 308 g/mol. The van der Waals surface area contributed by atoms with Crippen LogP contribution >= 0.6 is 22.6 Å². The van der Waals surface area contributed by atoms with Crippen LogP contribution in [-0.4, -0.2) is 23.3 Å². The summed E-state index contributed by atoms with van der Waals surface area (Å²) in [5.74, 6) is -0.911. The van der Waals surface area contributed by atoms with Crippen molar-refractivity contribution in [1.29, 1.82) is 0 Å². The highest BCUT2D eigenvalue weighted by Gasteiger charge is 2.20. The Morgan fingerprint density at radius 2 is 2.21 bits per heavy atom. The second kappa shape index (κ2) is 4.61. The molecule has 0 amide bonds. The summed E-state index contributed by atoms with van der Waals surface area (Å²) in [6.07, 6.45) is -1.54. The Bertz CT molecular complexity index is 351. The predicted molar refractivity (Wildman–Crippen MR) is 58.3 cm³/mol. The highest BCUT2D eigenvalue weighted by atomic mass is 127. The molecule has 0 aromatic heterocycles. The maximum Gasteiger partial charge on any atom is 0.337 e. The average Bonchev–Trinajstić information content (AvgIpc) is 2.16. The van der Waals surface area contributed by atoms with E-state index < -0.39 is 12.1 Å². The van der Waals surface area contributed by atoms with Crippen LogP contribution in [-0.2, 0) is 4.79 Å². The van der Waals surface area contributed by atoms with Crippen LogP contribution < -0.4 is 4.74 Å². The predicted octanol–water partition coefficient (Wildman–Crippen LogP) is 1.42. The van der Waals surface area contributed by atoms with Crippen LogP contribution in [0.4, 0.5) is 0 Å². The minimum atomic E-state index is -1.54. The Hall–Kier alpha value is -0.820. The van der Waals surface area contributed by atoms with Gasteiger partial charge in [-0.1, -0.05) is 0 Å². The summed E-state index contributed by atoms with van der Waals surface area (Å²) < 4.78 is 5.79. The third-order valence-corrected chi connectivity index (χ3v) is 2.39. The SMILES string of the molecule is COc1ccc(I)cc1[C@@H](O)C(=O)O. The first kappa shape index (κ1) is 11.3. The van der Waals surface area contributed by atoms with Gasteiger partial charge in [-0.3, -0.25) is 0 Å². The van der Waals surface area contributed by atoms with E-state index in [1.807, 2.05) is 22.6 Å². The Morgan fingerprint density at radius 3 is 2.71 bits per heavy atom. The van der Waals surface area contributed by atoms with E-state index in [4.69, 9.17) is 9.84 Å². The summed E-state index contributed by atoms with van der Waals surface area (Å²) in [5, 5.41) is 18.0. The van der Waals surface area contributed by atoms with Crippen LogP contribution in [0.5, 0.6) is 5.75 Å². The molecule has 5 heteroatoms. The number of aliphatic carboxylic acids is 1. The summed E-state index contributed by atoms with van der Waals surface area (Å²) in [6, 6.07) is 4.99. The lowest BCUT2D eigenvalue weighted by Crippen LogP contribution is -2.11. The molecule has 0 bridgehead atoms. The molecule has 0 unspecified atom stereocenters. The number of halogens is 1. The molecular weight excluding hydrogens is 299 g/mol. The lowest BCUT2D eigenvalue weighted by molar-refractivity contribution is -0.147. The van der Waals surface area contributed by atoms with Gasteiger partial charge in [-0.05, 0) is 40.8 Å². The van der Waals surface area contributed by atoms with Crippen LogP contribution in [0.1, 0.15) is 11.7 Å². The lowest BCUT2D eigenvalue weighted by Gasteiger charge is -2.11. The molecule has 1 aromatic rings. The van der Waals surface area contributed by atoms with Gasteiger partial charge in [0.2, 0.25) is 0 Å². The molecule has 1 rings (SSSR count). The molecule has 76 valence electrons. The highest BCUT2D eigenvalue weighted by molar-refractivity contribution is 14.1. The third kappa shape index (κ3) is 2.36. The molecule has 2 N–H and O–H groups in total. The van der Waals surface area contributed by atoms with Gasteiger partial charge >= 0.3 is 5.97 Å². The van der Waals surface area contributed by atoms with E-state index in [1.165, 1.54) is 7.11 Å². The van der Waals surface area contributed by atoms with E-state index in [1.54, 1.807) is 18.2 Å². The quantitative estimate of drug-likeness (QED) is 0.829. The normalized spacial score (nSPS) is 12.2. The first-order valence-corrected chi connectivity index (χ1v) is 4.88. The molecule has 0 fully saturated rings. The number of hydrogen-bond acceptors (Lipinski definition) is 3. The van der Waals surface area contributed by atoms with Crippen LogP contribution in [0.25, 0.3) is 0 Å². The maximum absolute atomic E-state index is 10.6. The fourth-order valence-corrected chi connectivity index (χ4v) is 1.57. The summed E-state index contributed by atoms with van der Waals surface area (Å²) >= 11 is 2.04. The van der Waals surface area contributed by atoms with Crippen molar-refractivity contribution in [3.8, 4) is 5.75 Å². The van der Waals surface area contributed by atoms with Gasteiger partial charge in [0, 0.05) is 9.13 Å².